The van der Waals surface area contributed by atoms with E-state index in [2.05, 4.69) is 4.90 Å². The molecule has 5 rings (SSSR count). The van der Waals surface area contributed by atoms with Crippen LogP contribution >= 0.6 is 23.2 Å². The van der Waals surface area contributed by atoms with Gasteiger partial charge >= 0.3 is 5.97 Å². The standard InChI is InChI=1S/C36H44Cl2N2O9S/c1-45-32-12-10-25(21-33(32)46-2)9-11-29(26-7-6-8-27(22-26)49-20-17-39-15-18-48-19-16-39)36(35(41)42)13-4-5-14-40(36)50(43,44)28-23-30(37)34(47-3)31(38)24-28/h6-8,10,12,21-24,29H,4-5,9,11,13-20H2,1-3H3,(H,41,42)/t29-,36?/m1/s1. The van der Waals surface area contributed by atoms with Crippen molar-refractivity contribution in [2.45, 2.75) is 48.5 Å². The van der Waals surface area contributed by atoms with Gasteiger partial charge in [-0.2, -0.15) is 4.31 Å². The van der Waals surface area contributed by atoms with Crippen LogP contribution in [0.3, 0.4) is 0 Å². The summed E-state index contributed by atoms with van der Waals surface area (Å²) in [5.41, 5.74) is -0.312. The van der Waals surface area contributed by atoms with Crippen molar-refractivity contribution in [2.75, 3.05) is 67.3 Å². The number of ether oxygens (including phenoxy) is 5. The molecule has 2 saturated heterocycles. The molecule has 0 aliphatic carbocycles. The average Bonchev–Trinajstić information content (AvgIpc) is 3.12. The molecule has 1 N–H and O–H groups in total. The number of nitrogens with zero attached hydrogens (tertiary/aromatic N) is 2. The molecule has 11 nitrogen and oxygen atoms in total. The molecule has 0 aromatic heterocycles. The number of aliphatic carboxylic acids is 1. The Balaban J connectivity index is 1.56. The lowest BCUT2D eigenvalue weighted by Crippen LogP contribution is -2.62. The van der Waals surface area contributed by atoms with Crippen LogP contribution < -0.4 is 18.9 Å². The molecule has 2 fully saturated rings. The number of aryl methyl sites for hydroxylation is 1. The Morgan fingerprint density at radius 3 is 2.32 bits per heavy atom. The van der Waals surface area contributed by atoms with Crippen molar-refractivity contribution in [3.8, 4) is 23.0 Å². The zero-order valence-corrected chi connectivity index (χ0v) is 30.9. The zero-order valence-electron chi connectivity index (χ0n) is 28.5. The topological polar surface area (TPSA) is 124 Å². The van der Waals surface area contributed by atoms with Gasteiger partial charge in [0.1, 0.15) is 17.9 Å². The van der Waals surface area contributed by atoms with Gasteiger partial charge in [0.15, 0.2) is 17.2 Å². The predicted molar refractivity (Wildman–Crippen MR) is 191 cm³/mol. The van der Waals surface area contributed by atoms with E-state index in [0.29, 0.717) is 74.9 Å². The molecule has 3 aromatic rings. The Hall–Kier alpha value is -3.26. The summed E-state index contributed by atoms with van der Waals surface area (Å²) in [4.78, 5) is 15.8. The van der Waals surface area contributed by atoms with Crippen LogP contribution in [0.15, 0.2) is 59.5 Å². The number of carboxylic acids is 1. The van der Waals surface area contributed by atoms with E-state index in [4.69, 9.17) is 46.9 Å². The summed E-state index contributed by atoms with van der Waals surface area (Å²) in [6.45, 7) is 4.18. The molecule has 0 saturated carbocycles. The fraction of sp³-hybridized carbons (Fsp3) is 0.472. The zero-order chi connectivity index (χ0) is 35.9. The number of morpholine rings is 1. The molecule has 50 heavy (non-hydrogen) atoms. The van der Waals surface area contributed by atoms with Crippen molar-refractivity contribution >= 4 is 39.2 Å². The van der Waals surface area contributed by atoms with Crippen LogP contribution in [-0.2, 0) is 26.0 Å². The number of hydrogen-bond donors (Lipinski definition) is 1. The molecule has 272 valence electrons. The quantitative estimate of drug-likeness (QED) is 0.194. The maximum Gasteiger partial charge on any atom is 0.325 e. The van der Waals surface area contributed by atoms with Crippen LogP contribution in [0.25, 0.3) is 0 Å². The van der Waals surface area contributed by atoms with Crippen LogP contribution in [0.1, 0.15) is 42.7 Å². The molecule has 2 aliphatic heterocycles. The molecule has 0 amide bonds. The van der Waals surface area contributed by atoms with Crippen molar-refractivity contribution in [3.05, 3.63) is 75.8 Å². The van der Waals surface area contributed by atoms with Gasteiger partial charge in [-0.1, -0.05) is 41.4 Å². The van der Waals surface area contributed by atoms with Gasteiger partial charge in [-0.3, -0.25) is 9.69 Å². The summed E-state index contributed by atoms with van der Waals surface area (Å²) in [5.74, 6) is -0.198. The molecule has 14 heteroatoms. The van der Waals surface area contributed by atoms with Gasteiger partial charge in [-0.05, 0) is 79.6 Å². The highest BCUT2D eigenvalue weighted by atomic mass is 35.5. The number of piperidine rings is 1. The van der Waals surface area contributed by atoms with Crippen molar-refractivity contribution in [1.29, 1.82) is 0 Å². The minimum Gasteiger partial charge on any atom is -0.494 e. The first kappa shape index (κ1) is 38.0. The van der Waals surface area contributed by atoms with Crippen LogP contribution in [-0.4, -0.2) is 102 Å². The Kier molecular flexibility index (Phi) is 12.8. The third-order valence-corrected chi connectivity index (χ3v) is 12.0. The van der Waals surface area contributed by atoms with E-state index in [1.807, 2.05) is 36.4 Å². The van der Waals surface area contributed by atoms with E-state index in [1.165, 1.54) is 19.2 Å². The molecule has 2 aliphatic rings. The highest BCUT2D eigenvalue weighted by Crippen LogP contribution is 2.47. The number of sulfonamides is 1. The first-order valence-electron chi connectivity index (χ1n) is 16.6. The Morgan fingerprint density at radius 1 is 0.940 bits per heavy atom. The first-order chi connectivity index (χ1) is 24.0. The van der Waals surface area contributed by atoms with Crippen LogP contribution in [0, 0.1) is 0 Å². The summed E-state index contributed by atoms with van der Waals surface area (Å²) in [7, 11) is 0.0567. The lowest BCUT2D eigenvalue weighted by molar-refractivity contribution is -0.152. The van der Waals surface area contributed by atoms with Crippen LogP contribution in [0.2, 0.25) is 10.0 Å². The number of rotatable bonds is 15. The maximum atomic E-state index is 14.6. The van der Waals surface area contributed by atoms with Gasteiger partial charge in [0.05, 0.1) is 49.5 Å². The summed E-state index contributed by atoms with van der Waals surface area (Å²) in [6.07, 6.45) is 1.83. The van der Waals surface area contributed by atoms with Gasteiger partial charge in [0, 0.05) is 32.1 Å². The van der Waals surface area contributed by atoms with Gasteiger partial charge in [-0.15, -0.1) is 0 Å². The van der Waals surface area contributed by atoms with E-state index in [9.17, 15) is 18.3 Å². The number of hydrogen-bond acceptors (Lipinski definition) is 9. The van der Waals surface area contributed by atoms with Gasteiger partial charge in [-0.25, -0.2) is 8.42 Å². The Bertz CT molecular complexity index is 1730. The van der Waals surface area contributed by atoms with Crippen molar-refractivity contribution in [2.24, 2.45) is 0 Å². The SMILES string of the molecule is COc1ccc(CC[C@H](c2cccc(OCCN3CCOCC3)c2)C2(C(=O)O)CCCCN2S(=O)(=O)c2cc(Cl)c(OC)c(Cl)c2)cc1OC. The molecule has 2 heterocycles. The van der Waals surface area contributed by atoms with E-state index < -0.39 is 27.4 Å². The lowest BCUT2D eigenvalue weighted by Gasteiger charge is -2.48. The van der Waals surface area contributed by atoms with E-state index in [-0.39, 0.29) is 33.7 Å². The summed E-state index contributed by atoms with van der Waals surface area (Å²) < 4.78 is 58.1. The largest absolute Gasteiger partial charge is 0.494 e. The minimum atomic E-state index is -4.43. The Morgan fingerprint density at radius 2 is 1.66 bits per heavy atom. The van der Waals surface area contributed by atoms with Gasteiger partial charge in [0.25, 0.3) is 0 Å². The van der Waals surface area contributed by atoms with E-state index in [1.54, 1.807) is 20.3 Å². The van der Waals surface area contributed by atoms with Crippen LogP contribution in [0.5, 0.6) is 23.0 Å². The number of halogens is 2. The van der Waals surface area contributed by atoms with Crippen LogP contribution in [0.4, 0.5) is 0 Å². The Labute approximate surface area is 304 Å². The predicted octanol–water partition coefficient (Wildman–Crippen LogP) is 6.14. The van der Waals surface area contributed by atoms with Crippen molar-refractivity contribution < 1.29 is 42.0 Å². The molecular formula is C36H44Cl2N2O9S. The number of benzene rings is 3. The highest BCUT2D eigenvalue weighted by molar-refractivity contribution is 7.89. The molecule has 0 spiro atoms. The summed E-state index contributed by atoms with van der Waals surface area (Å²) >= 11 is 12.8. The molecule has 0 bridgehead atoms. The number of carboxylic acid groups (broad SMARTS) is 1. The average molecular weight is 752 g/mol. The fourth-order valence-electron chi connectivity index (χ4n) is 6.99. The molecule has 2 atom stereocenters. The normalized spacial score (nSPS) is 19.5. The first-order valence-corrected chi connectivity index (χ1v) is 18.8. The molecule has 3 aromatic carbocycles. The summed E-state index contributed by atoms with van der Waals surface area (Å²) in [6, 6.07) is 15.4. The second-order valence-electron chi connectivity index (χ2n) is 12.3. The smallest absolute Gasteiger partial charge is 0.325 e. The number of methoxy groups -OCH3 is 3. The number of carbonyl (C=O) groups is 1. The molecular weight excluding hydrogens is 707 g/mol. The molecule has 0 radical (unpaired) electrons. The fourth-order valence-corrected chi connectivity index (χ4v) is 9.65. The second-order valence-corrected chi connectivity index (χ2v) is 15.0. The molecule has 1 unspecified atom stereocenters. The monoisotopic (exact) mass is 750 g/mol. The highest BCUT2D eigenvalue weighted by Gasteiger charge is 2.56. The van der Waals surface area contributed by atoms with Gasteiger partial charge in [0.2, 0.25) is 10.0 Å². The van der Waals surface area contributed by atoms with Crippen molar-refractivity contribution in [1.82, 2.24) is 9.21 Å². The third kappa shape index (κ3) is 8.11. The van der Waals surface area contributed by atoms with E-state index in [0.717, 1.165) is 23.0 Å². The lowest BCUT2D eigenvalue weighted by atomic mass is 9.71. The van der Waals surface area contributed by atoms with Crippen molar-refractivity contribution in [3.63, 3.8) is 0 Å². The third-order valence-electron chi connectivity index (χ3n) is 9.53. The summed E-state index contributed by atoms with van der Waals surface area (Å²) in [5, 5.41) is 11.2. The minimum absolute atomic E-state index is 0.00149. The van der Waals surface area contributed by atoms with E-state index >= 15 is 0 Å². The second kappa shape index (κ2) is 16.8. The van der Waals surface area contributed by atoms with Gasteiger partial charge < -0.3 is 28.8 Å². The maximum absolute atomic E-state index is 14.6.